The topological polar surface area (TPSA) is 51.2 Å². The van der Waals surface area contributed by atoms with Gasteiger partial charge in [0.2, 0.25) is 0 Å². The van der Waals surface area contributed by atoms with E-state index in [1.807, 2.05) is 42.5 Å². The summed E-state index contributed by atoms with van der Waals surface area (Å²) in [6.07, 6.45) is 3.91. The number of hydrogen-bond acceptors (Lipinski definition) is 3. The van der Waals surface area contributed by atoms with Gasteiger partial charge >= 0.3 is 6.09 Å². The first-order valence-corrected chi connectivity index (χ1v) is 7.83. The van der Waals surface area contributed by atoms with Crippen LogP contribution in [0.5, 0.6) is 5.75 Å². The number of anilines is 1. The maximum Gasteiger partial charge on any atom is 0.417 e. The van der Waals surface area contributed by atoms with Crippen molar-refractivity contribution < 1.29 is 9.53 Å². The molecule has 24 heavy (non-hydrogen) atoms. The molecule has 1 N–H and O–H groups in total. The van der Waals surface area contributed by atoms with Crippen molar-refractivity contribution in [2.75, 3.05) is 5.32 Å². The highest BCUT2D eigenvalue weighted by molar-refractivity contribution is 5.87. The number of para-hydroxylation sites is 1. The van der Waals surface area contributed by atoms with E-state index in [2.05, 4.69) is 23.3 Å². The Morgan fingerprint density at radius 3 is 2.58 bits per heavy atom. The van der Waals surface area contributed by atoms with Crippen LogP contribution in [0.3, 0.4) is 0 Å². The Morgan fingerprint density at radius 2 is 1.88 bits per heavy atom. The lowest BCUT2D eigenvalue weighted by atomic mass is 10.0. The summed E-state index contributed by atoms with van der Waals surface area (Å²) >= 11 is 0. The van der Waals surface area contributed by atoms with Gasteiger partial charge in [-0.25, -0.2) is 4.79 Å². The lowest BCUT2D eigenvalue weighted by molar-refractivity contribution is 0.215. The van der Waals surface area contributed by atoms with E-state index in [9.17, 15) is 4.79 Å². The third-order valence-electron chi connectivity index (χ3n) is 3.60. The average molecular weight is 318 g/mol. The van der Waals surface area contributed by atoms with Gasteiger partial charge in [0.05, 0.1) is 0 Å². The molecule has 1 heterocycles. The number of benzene rings is 2. The van der Waals surface area contributed by atoms with Gasteiger partial charge in [-0.05, 0) is 47.9 Å². The van der Waals surface area contributed by atoms with Crippen molar-refractivity contribution in [2.45, 2.75) is 13.3 Å². The SMILES string of the molecule is CCc1cc(NC(=O)Oc2ccccc2)cc(-c2cccnc2)c1. The van der Waals surface area contributed by atoms with E-state index < -0.39 is 6.09 Å². The van der Waals surface area contributed by atoms with Crippen LogP contribution in [-0.4, -0.2) is 11.1 Å². The average Bonchev–Trinajstić information content (AvgIpc) is 2.63. The number of pyridine rings is 1. The van der Waals surface area contributed by atoms with Crippen LogP contribution in [0.15, 0.2) is 73.1 Å². The number of rotatable bonds is 4. The lowest BCUT2D eigenvalue weighted by Crippen LogP contribution is -2.16. The molecule has 2 aromatic carbocycles. The molecule has 0 fully saturated rings. The van der Waals surface area contributed by atoms with E-state index in [1.165, 1.54) is 0 Å². The monoisotopic (exact) mass is 318 g/mol. The zero-order valence-corrected chi connectivity index (χ0v) is 13.4. The van der Waals surface area contributed by atoms with Gasteiger partial charge in [-0.2, -0.15) is 0 Å². The summed E-state index contributed by atoms with van der Waals surface area (Å²) < 4.78 is 5.28. The van der Waals surface area contributed by atoms with Gasteiger partial charge in [-0.1, -0.05) is 37.3 Å². The number of nitrogens with zero attached hydrogens (tertiary/aromatic N) is 1. The molecule has 0 atom stereocenters. The molecule has 3 aromatic rings. The van der Waals surface area contributed by atoms with Crippen LogP contribution >= 0.6 is 0 Å². The fraction of sp³-hybridized carbons (Fsp3) is 0.100. The summed E-state index contributed by atoms with van der Waals surface area (Å²) in [4.78, 5) is 16.2. The highest BCUT2D eigenvalue weighted by Crippen LogP contribution is 2.25. The molecule has 4 heteroatoms. The molecule has 0 aliphatic heterocycles. The van der Waals surface area contributed by atoms with Gasteiger partial charge in [0, 0.05) is 23.6 Å². The zero-order valence-electron chi connectivity index (χ0n) is 13.4. The second kappa shape index (κ2) is 7.42. The second-order valence-electron chi connectivity index (χ2n) is 5.34. The molecule has 1 aromatic heterocycles. The quantitative estimate of drug-likeness (QED) is 0.742. The predicted octanol–water partition coefficient (Wildman–Crippen LogP) is 4.92. The molecule has 0 radical (unpaired) electrons. The highest BCUT2D eigenvalue weighted by atomic mass is 16.6. The Kier molecular flexibility index (Phi) is 4.87. The van der Waals surface area contributed by atoms with Gasteiger partial charge in [-0.3, -0.25) is 10.3 Å². The Hall–Kier alpha value is -3.14. The molecule has 120 valence electrons. The lowest BCUT2D eigenvalue weighted by Gasteiger charge is -2.11. The second-order valence-corrected chi connectivity index (χ2v) is 5.34. The van der Waals surface area contributed by atoms with Crippen molar-refractivity contribution in [3.8, 4) is 16.9 Å². The first kappa shape index (κ1) is 15.7. The van der Waals surface area contributed by atoms with E-state index in [0.717, 1.165) is 23.1 Å². The molecule has 0 saturated carbocycles. The number of hydrogen-bond donors (Lipinski definition) is 1. The molecule has 0 aliphatic carbocycles. The largest absolute Gasteiger partial charge is 0.417 e. The minimum absolute atomic E-state index is 0.508. The molecular formula is C20H18N2O2. The van der Waals surface area contributed by atoms with Crippen molar-refractivity contribution in [2.24, 2.45) is 0 Å². The van der Waals surface area contributed by atoms with Crippen LogP contribution in [0.1, 0.15) is 12.5 Å². The van der Waals surface area contributed by atoms with Gasteiger partial charge in [0.15, 0.2) is 0 Å². The molecule has 3 rings (SSSR count). The summed E-state index contributed by atoms with van der Waals surface area (Å²) in [6, 6.07) is 18.8. The Morgan fingerprint density at radius 1 is 1.04 bits per heavy atom. The normalized spacial score (nSPS) is 10.2. The Labute approximate surface area is 141 Å². The number of nitrogens with one attached hydrogen (secondary N) is 1. The first-order chi connectivity index (χ1) is 11.7. The van der Waals surface area contributed by atoms with Crippen molar-refractivity contribution in [3.63, 3.8) is 0 Å². The number of aryl methyl sites for hydroxylation is 1. The maximum absolute atomic E-state index is 12.1. The molecule has 0 saturated heterocycles. The van der Waals surface area contributed by atoms with E-state index >= 15 is 0 Å². The number of ether oxygens (including phenoxy) is 1. The summed E-state index contributed by atoms with van der Waals surface area (Å²) in [5, 5.41) is 2.79. The van der Waals surface area contributed by atoms with Crippen LogP contribution in [0, 0.1) is 0 Å². The van der Waals surface area contributed by atoms with Crippen molar-refractivity contribution in [3.05, 3.63) is 78.6 Å². The molecule has 4 nitrogen and oxygen atoms in total. The van der Waals surface area contributed by atoms with E-state index in [0.29, 0.717) is 11.4 Å². The Bertz CT molecular complexity index is 818. The number of aromatic nitrogens is 1. The Balaban J connectivity index is 1.81. The van der Waals surface area contributed by atoms with E-state index in [1.54, 1.807) is 24.5 Å². The summed E-state index contributed by atoms with van der Waals surface area (Å²) in [6.45, 7) is 2.08. The number of carbonyl (C=O) groups is 1. The van der Waals surface area contributed by atoms with Gasteiger partial charge in [-0.15, -0.1) is 0 Å². The van der Waals surface area contributed by atoms with E-state index in [-0.39, 0.29) is 0 Å². The minimum atomic E-state index is -0.508. The van der Waals surface area contributed by atoms with Crippen molar-refractivity contribution in [1.82, 2.24) is 4.98 Å². The molecule has 0 spiro atoms. The summed E-state index contributed by atoms with van der Waals surface area (Å²) in [5.41, 5.74) is 3.85. The van der Waals surface area contributed by atoms with Crippen LogP contribution < -0.4 is 10.1 Å². The zero-order chi connectivity index (χ0) is 16.8. The number of amides is 1. The predicted molar refractivity (Wildman–Crippen MR) is 95.1 cm³/mol. The van der Waals surface area contributed by atoms with Crippen LogP contribution in [-0.2, 0) is 6.42 Å². The first-order valence-electron chi connectivity index (χ1n) is 7.83. The minimum Gasteiger partial charge on any atom is -0.410 e. The highest BCUT2D eigenvalue weighted by Gasteiger charge is 2.08. The summed E-state index contributed by atoms with van der Waals surface area (Å²) in [5.74, 6) is 0.508. The fourth-order valence-corrected chi connectivity index (χ4v) is 2.41. The third kappa shape index (κ3) is 3.98. The van der Waals surface area contributed by atoms with Gasteiger partial charge in [0.25, 0.3) is 0 Å². The van der Waals surface area contributed by atoms with Crippen LogP contribution in [0.25, 0.3) is 11.1 Å². The van der Waals surface area contributed by atoms with Crippen molar-refractivity contribution in [1.29, 1.82) is 0 Å². The van der Waals surface area contributed by atoms with Crippen LogP contribution in [0.4, 0.5) is 10.5 Å². The van der Waals surface area contributed by atoms with Gasteiger partial charge < -0.3 is 4.74 Å². The fourth-order valence-electron chi connectivity index (χ4n) is 2.41. The standard InChI is InChI=1S/C20H18N2O2/c1-2-15-11-17(16-7-6-10-21-14-16)13-18(12-15)22-20(23)24-19-8-4-3-5-9-19/h3-14H,2H2,1H3,(H,22,23). The molecule has 0 unspecified atom stereocenters. The molecule has 1 amide bonds. The summed E-state index contributed by atoms with van der Waals surface area (Å²) in [7, 11) is 0. The molecule has 0 aliphatic rings. The molecular weight excluding hydrogens is 300 g/mol. The molecule has 0 bridgehead atoms. The van der Waals surface area contributed by atoms with Crippen molar-refractivity contribution >= 4 is 11.8 Å². The van der Waals surface area contributed by atoms with Gasteiger partial charge in [0.1, 0.15) is 5.75 Å². The number of carbonyl (C=O) groups excluding carboxylic acids is 1. The third-order valence-corrected chi connectivity index (χ3v) is 3.60. The smallest absolute Gasteiger partial charge is 0.410 e. The van der Waals surface area contributed by atoms with E-state index in [4.69, 9.17) is 4.74 Å². The maximum atomic E-state index is 12.1. The van der Waals surface area contributed by atoms with Crippen LogP contribution in [0.2, 0.25) is 0 Å².